The molecule has 4 nitrogen and oxygen atoms in total. The molecule has 2 heterocycles. The summed E-state index contributed by atoms with van der Waals surface area (Å²) in [6.07, 6.45) is 0.961. The molecule has 3 rings (SSSR count). The molecule has 0 saturated carbocycles. The topological polar surface area (TPSA) is 52.9 Å². The molecule has 5 heteroatoms. The zero-order valence-corrected chi connectivity index (χ0v) is 11.9. The monoisotopic (exact) mass is 320 g/mol. The summed E-state index contributed by atoms with van der Waals surface area (Å²) in [5, 5.41) is 10.4. The molecule has 0 amide bonds. The number of carbonyl (C=O) groups is 1. The Morgan fingerprint density at radius 2 is 2.05 bits per heavy atom. The fraction of sp³-hybridized carbons (Fsp3) is 0.286. The largest absolute Gasteiger partial charge is 0.506 e. The number of hydrogen-bond donors (Lipinski definition) is 1. The Hall–Kier alpha value is -1.62. The smallest absolute Gasteiger partial charge is 0.189 e. The van der Waals surface area contributed by atoms with Crippen molar-refractivity contribution >= 4 is 33.3 Å². The van der Waals surface area contributed by atoms with Gasteiger partial charge in [-0.25, -0.2) is 0 Å². The number of ketones is 1. The first-order valence-electron chi connectivity index (χ1n) is 6.19. The lowest BCUT2D eigenvalue weighted by Gasteiger charge is -2.21. The van der Waals surface area contributed by atoms with Gasteiger partial charge >= 0.3 is 0 Å². The first kappa shape index (κ1) is 12.4. The molecule has 1 aromatic carbocycles. The molecule has 2 aliphatic rings. The van der Waals surface area contributed by atoms with E-state index in [-0.39, 0.29) is 11.5 Å². The Morgan fingerprint density at radius 1 is 1.32 bits per heavy atom. The van der Waals surface area contributed by atoms with Gasteiger partial charge in [-0.3, -0.25) is 9.79 Å². The van der Waals surface area contributed by atoms with Crippen molar-refractivity contribution in [3.05, 3.63) is 39.9 Å². The molecule has 2 aliphatic heterocycles. The third kappa shape index (κ3) is 2.18. The Labute approximate surface area is 119 Å². The minimum Gasteiger partial charge on any atom is -0.506 e. The number of carbonyl (C=O) groups excluding carboxylic acids is 1. The van der Waals surface area contributed by atoms with Gasteiger partial charge in [0.05, 0.1) is 6.54 Å². The fourth-order valence-electron chi connectivity index (χ4n) is 2.41. The van der Waals surface area contributed by atoms with Crippen LogP contribution in [0.2, 0.25) is 0 Å². The van der Waals surface area contributed by atoms with E-state index in [9.17, 15) is 9.90 Å². The maximum Gasteiger partial charge on any atom is 0.189 e. The van der Waals surface area contributed by atoms with Crippen LogP contribution in [0.25, 0.3) is 5.76 Å². The zero-order chi connectivity index (χ0) is 13.4. The second-order valence-corrected chi connectivity index (χ2v) is 5.55. The first-order chi connectivity index (χ1) is 9.16. The highest BCUT2D eigenvalue weighted by atomic mass is 79.9. The summed E-state index contributed by atoms with van der Waals surface area (Å²) < 4.78 is 0.934. The van der Waals surface area contributed by atoms with Crippen LogP contribution in [-0.2, 0) is 4.79 Å². The summed E-state index contributed by atoms with van der Waals surface area (Å²) in [6.45, 7) is 1.88. The van der Waals surface area contributed by atoms with Crippen molar-refractivity contribution in [2.75, 3.05) is 19.6 Å². The number of Topliss-reactive ketones (excluding diaryl/α,β-unsaturated/α-hetero) is 1. The molecule has 19 heavy (non-hydrogen) atoms. The highest BCUT2D eigenvalue weighted by Crippen LogP contribution is 2.26. The predicted octanol–water partition coefficient (Wildman–Crippen LogP) is 2.41. The van der Waals surface area contributed by atoms with E-state index >= 15 is 0 Å². The van der Waals surface area contributed by atoms with Gasteiger partial charge in [0.25, 0.3) is 0 Å². The molecule has 0 atom stereocenters. The summed E-state index contributed by atoms with van der Waals surface area (Å²) in [7, 11) is 0. The van der Waals surface area contributed by atoms with Crippen LogP contribution >= 0.6 is 15.9 Å². The van der Waals surface area contributed by atoms with Gasteiger partial charge < -0.3 is 10.0 Å². The van der Waals surface area contributed by atoms with Crippen LogP contribution in [0.3, 0.4) is 0 Å². The van der Waals surface area contributed by atoms with E-state index in [0.717, 1.165) is 24.0 Å². The Bertz CT molecular complexity index is 590. The summed E-state index contributed by atoms with van der Waals surface area (Å²) in [5.41, 5.74) is 1.00. The Balaban J connectivity index is 2.07. The second kappa shape index (κ2) is 4.81. The van der Waals surface area contributed by atoms with Gasteiger partial charge in [-0.2, -0.15) is 0 Å². The summed E-state index contributed by atoms with van der Waals surface area (Å²) in [4.78, 5) is 18.4. The molecular weight excluding hydrogens is 308 g/mol. The van der Waals surface area contributed by atoms with Crippen molar-refractivity contribution in [3.63, 3.8) is 0 Å². The molecule has 0 radical (unpaired) electrons. The minimum absolute atomic E-state index is 0.0284. The minimum atomic E-state index is -0.0546. The van der Waals surface area contributed by atoms with E-state index in [4.69, 9.17) is 0 Å². The highest BCUT2D eigenvalue weighted by Gasteiger charge is 2.35. The number of rotatable bonds is 1. The third-order valence-corrected chi connectivity index (χ3v) is 3.87. The number of benzene rings is 1. The number of aliphatic hydroxyl groups is 1. The van der Waals surface area contributed by atoms with Crippen LogP contribution in [0, 0.1) is 0 Å². The average molecular weight is 321 g/mol. The molecule has 1 fully saturated rings. The van der Waals surface area contributed by atoms with E-state index in [0.29, 0.717) is 23.5 Å². The van der Waals surface area contributed by atoms with Crippen LogP contribution in [0.4, 0.5) is 0 Å². The van der Waals surface area contributed by atoms with E-state index in [1.54, 1.807) is 12.1 Å². The second-order valence-electron chi connectivity index (χ2n) is 4.63. The lowest BCUT2D eigenvalue weighted by molar-refractivity contribution is -0.114. The normalized spacial score (nSPS) is 21.2. The standard InChI is InChI=1S/C14H13BrN2O2/c15-10-4-2-9(3-5-10)13(19)12-11(18)8-17-7-1-6-16-14(12)17/h2-5,19H,1,6-8H2/b13-12+. The number of aliphatic imine (C=N–C) groups is 1. The number of amidine groups is 1. The molecular formula is C14H13BrN2O2. The van der Waals surface area contributed by atoms with Gasteiger partial charge in [-0.05, 0) is 18.6 Å². The fourth-order valence-corrected chi connectivity index (χ4v) is 2.68. The van der Waals surface area contributed by atoms with E-state index in [1.165, 1.54) is 0 Å². The van der Waals surface area contributed by atoms with Crippen molar-refractivity contribution in [1.82, 2.24) is 4.90 Å². The number of halogens is 1. The number of nitrogens with zero attached hydrogens (tertiary/aromatic N) is 2. The molecule has 0 aromatic heterocycles. The molecule has 1 N–H and O–H groups in total. The third-order valence-electron chi connectivity index (χ3n) is 3.34. The van der Waals surface area contributed by atoms with Gasteiger partial charge in [0.1, 0.15) is 17.2 Å². The molecule has 1 aromatic rings. The molecule has 1 saturated heterocycles. The van der Waals surface area contributed by atoms with Crippen LogP contribution in [0.1, 0.15) is 12.0 Å². The maximum absolute atomic E-state index is 12.1. The van der Waals surface area contributed by atoms with E-state index in [2.05, 4.69) is 20.9 Å². The molecule has 0 aliphatic carbocycles. The van der Waals surface area contributed by atoms with Gasteiger partial charge in [-0.15, -0.1) is 0 Å². The van der Waals surface area contributed by atoms with Crippen molar-refractivity contribution in [3.8, 4) is 0 Å². The first-order valence-corrected chi connectivity index (χ1v) is 6.98. The van der Waals surface area contributed by atoms with E-state index < -0.39 is 0 Å². The number of aliphatic hydroxyl groups excluding tert-OH is 1. The highest BCUT2D eigenvalue weighted by molar-refractivity contribution is 9.10. The van der Waals surface area contributed by atoms with Crippen molar-refractivity contribution in [1.29, 1.82) is 0 Å². The summed E-state index contributed by atoms with van der Waals surface area (Å²) >= 11 is 3.35. The SMILES string of the molecule is O=C1CN2CCCN=C2/C1=C(/O)c1ccc(Br)cc1. The summed E-state index contributed by atoms with van der Waals surface area (Å²) in [6, 6.07) is 7.25. The maximum atomic E-state index is 12.1. The average Bonchev–Trinajstić information content (AvgIpc) is 2.74. The number of fused-ring (bicyclic) bond motifs is 1. The van der Waals surface area contributed by atoms with E-state index in [1.807, 2.05) is 17.0 Å². The van der Waals surface area contributed by atoms with Crippen LogP contribution in [-0.4, -0.2) is 41.3 Å². The molecule has 0 unspecified atom stereocenters. The van der Waals surface area contributed by atoms with Crippen molar-refractivity contribution in [2.24, 2.45) is 4.99 Å². The number of hydrogen-bond acceptors (Lipinski definition) is 4. The van der Waals surface area contributed by atoms with Gasteiger partial charge in [0, 0.05) is 23.1 Å². The van der Waals surface area contributed by atoms with Gasteiger partial charge in [0.2, 0.25) is 0 Å². The molecule has 98 valence electrons. The van der Waals surface area contributed by atoms with Crippen LogP contribution < -0.4 is 0 Å². The van der Waals surface area contributed by atoms with Crippen molar-refractivity contribution < 1.29 is 9.90 Å². The Kier molecular flexibility index (Phi) is 3.14. The lowest BCUT2D eigenvalue weighted by Crippen LogP contribution is -2.31. The quantitative estimate of drug-likeness (QED) is 0.638. The summed E-state index contributed by atoms with van der Waals surface area (Å²) in [5.74, 6) is 0.624. The Morgan fingerprint density at radius 3 is 2.79 bits per heavy atom. The van der Waals surface area contributed by atoms with Gasteiger partial charge in [-0.1, -0.05) is 28.1 Å². The van der Waals surface area contributed by atoms with Crippen LogP contribution in [0.5, 0.6) is 0 Å². The molecule has 0 spiro atoms. The molecule has 0 bridgehead atoms. The predicted molar refractivity (Wildman–Crippen MR) is 77.2 cm³/mol. The van der Waals surface area contributed by atoms with Crippen LogP contribution in [0.15, 0.2) is 39.3 Å². The zero-order valence-electron chi connectivity index (χ0n) is 10.3. The van der Waals surface area contributed by atoms with Crippen molar-refractivity contribution in [2.45, 2.75) is 6.42 Å². The lowest BCUT2D eigenvalue weighted by atomic mass is 10.1. The van der Waals surface area contributed by atoms with Gasteiger partial charge in [0.15, 0.2) is 5.78 Å².